The van der Waals surface area contributed by atoms with Crippen molar-refractivity contribution in [2.75, 3.05) is 0 Å². The summed E-state index contributed by atoms with van der Waals surface area (Å²) in [6.45, 7) is 0. The van der Waals surface area contributed by atoms with Gasteiger partial charge in [-0.1, -0.05) is 60.7 Å². The van der Waals surface area contributed by atoms with E-state index < -0.39 is 0 Å². The summed E-state index contributed by atoms with van der Waals surface area (Å²) in [5, 5.41) is 6.31. The van der Waals surface area contributed by atoms with Crippen LogP contribution in [0, 0.1) is 0 Å². The first-order valence-electron chi connectivity index (χ1n) is 10.4. The van der Waals surface area contributed by atoms with Crippen molar-refractivity contribution in [3.8, 4) is 0 Å². The molecule has 0 bridgehead atoms. The molecule has 0 radical (unpaired) electrons. The Bertz CT molecular complexity index is 1710. The zero-order valence-electron chi connectivity index (χ0n) is 16.6. The minimum Gasteiger partial charge on any atom is -0.455 e. The Morgan fingerprint density at radius 3 is 1.35 bits per heavy atom. The Kier molecular flexibility index (Phi) is 3.27. The summed E-state index contributed by atoms with van der Waals surface area (Å²) < 4.78 is 13.0. The molecule has 4 aromatic carbocycles. The van der Waals surface area contributed by atoms with Gasteiger partial charge in [-0.25, -0.2) is 0 Å². The third kappa shape index (κ3) is 2.41. The highest BCUT2D eigenvalue weighted by Gasteiger charge is 2.14. The lowest BCUT2D eigenvalue weighted by atomic mass is 10.1. The molecule has 7 aromatic rings. The normalized spacial score (nSPS) is 11.9. The van der Waals surface area contributed by atoms with E-state index in [0.717, 1.165) is 65.7 Å². The highest BCUT2D eigenvalue weighted by molar-refractivity contribution is 6.25. The van der Waals surface area contributed by atoms with Crippen LogP contribution in [0.15, 0.2) is 106 Å². The van der Waals surface area contributed by atoms with Crippen LogP contribution in [-0.4, -0.2) is 4.98 Å². The topological polar surface area (TPSA) is 42.1 Å². The van der Waals surface area contributed by atoms with Gasteiger partial charge in [0.1, 0.15) is 22.3 Å². The van der Waals surface area contributed by atoms with E-state index in [9.17, 15) is 0 Å². The third-order valence-electron chi connectivity index (χ3n) is 6.04. The lowest BCUT2D eigenvalue weighted by Crippen LogP contribution is -1.74. The van der Waals surface area contributed by atoms with E-state index in [1.165, 1.54) is 0 Å². The summed E-state index contributed by atoms with van der Waals surface area (Å²) in [4.78, 5) is 3.56. The van der Waals surface area contributed by atoms with Gasteiger partial charge < -0.3 is 13.8 Å². The summed E-state index contributed by atoms with van der Waals surface area (Å²) in [7, 11) is 0. The van der Waals surface area contributed by atoms with Gasteiger partial charge in [-0.15, -0.1) is 0 Å². The second-order valence-corrected chi connectivity index (χ2v) is 7.88. The number of rotatable bonds is 0. The maximum absolute atomic E-state index is 6.52. The van der Waals surface area contributed by atoms with E-state index in [0.29, 0.717) is 0 Å². The molecule has 3 heteroatoms. The molecule has 0 aliphatic heterocycles. The van der Waals surface area contributed by atoms with Crippen LogP contribution in [0.2, 0.25) is 0 Å². The van der Waals surface area contributed by atoms with Crippen molar-refractivity contribution < 1.29 is 8.83 Å². The van der Waals surface area contributed by atoms with Gasteiger partial charge in [-0.2, -0.15) is 0 Å². The Morgan fingerprint density at radius 2 is 0.839 bits per heavy atom. The van der Waals surface area contributed by atoms with Crippen molar-refractivity contribution in [1.29, 1.82) is 0 Å². The molecule has 0 aliphatic rings. The number of para-hydroxylation sites is 2. The maximum Gasteiger partial charge on any atom is 0.144 e. The molecule has 3 heterocycles. The van der Waals surface area contributed by atoms with E-state index in [-0.39, 0.29) is 0 Å². The molecular formula is C28H17NO2. The lowest BCUT2D eigenvalue weighted by Gasteiger charge is -1.99. The van der Waals surface area contributed by atoms with Gasteiger partial charge in [0.05, 0.1) is 21.8 Å². The zero-order chi connectivity index (χ0) is 20.4. The van der Waals surface area contributed by atoms with Crippen LogP contribution in [0.5, 0.6) is 0 Å². The number of hydrogen-bond acceptors (Lipinski definition) is 2. The molecule has 0 atom stereocenters. The molecule has 146 valence electrons. The summed E-state index contributed by atoms with van der Waals surface area (Å²) in [6.07, 6.45) is 0. The highest BCUT2D eigenvalue weighted by Crippen LogP contribution is 2.37. The SMILES string of the molecule is c1ccc2oc3c(ccc2c1)ccc1[nH]c2ccc4ccc5ccccc5oc4c2c13. The second kappa shape index (κ2) is 6.13. The Morgan fingerprint density at radius 1 is 0.419 bits per heavy atom. The van der Waals surface area contributed by atoms with Gasteiger partial charge in [0, 0.05) is 21.5 Å². The van der Waals surface area contributed by atoms with Crippen molar-refractivity contribution in [2.45, 2.75) is 0 Å². The molecule has 31 heavy (non-hydrogen) atoms. The van der Waals surface area contributed by atoms with E-state index in [1.54, 1.807) is 0 Å². The number of fused-ring (bicyclic) bond motifs is 9. The van der Waals surface area contributed by atoms with Crippen molar-refractivity contribution in [1.82, 2.24) is 4.98 Å². The van der Waals surface area contributed by atoms with E-state index in [2.05, 4.69) is 65.6 Å². The van der Waals surface area contributed by atoms with Crippen LogP contribution in [0.4, 0.5) is 0 Å². The summed E-state index contributed by atoms with van der Waals surface area (Å²) in [5.74, 6) is 0. The molecular weight excluding hydrogens is 382 g/mol. The predicted octanol–water partition coefficient (Wildman–Crippen LogP) is 8.24. The quantitative estimate of drug-likeness (QED) is 0.279. The number of benzene rings is 4. The molecule has 0 saturated carbocycles. The zero-order valence-corrected chi connectivity index (χ0v) is 16.6. The molecule has 1 N–H and O–H groups in total. The van der Waals surface area contributed by atoms with E-state index in [1.807, 2.05) is 36.4 Å². The van der Waals surface area contributed by atoms with Crippen LogP contribution in [0.3, 0.4) is 0 Å². The predicted molar refractivity (Wildman–Crippen MR) is 128 cm³/mol. The molecule has 7 rings (SSSR count). The summed E-state index contributed by atoms with van der Waals surface area (Å²) >= 11 is 0. The second-order valence-electron chi connectivity index (χ2n) is 7.88. The number of aromatic amines is 1. The monoisotopic (exact) mass is 399 g/mol. The standard InChI is InChI=1S/C28H17NO2/c1-3-7-23-17(5-1)9-11-19-13-15-21-25(27(19)30-23)26-22(29-21)16-14-20-12-10-18-6-2-4-8-24(18)31-28(20)26/h1-16,29H. The molecule has 0 spiro atoms. The Hall–Kier alpha value is -4.24. The van der Waals surface area contributed by atoms with Gasteiger partial charge >= 0.3 is 0 Å². The van der Waals surface area contributed by atoms with Gasteiger partial charge in [0.2, 0.25) is 0 Å². The van der Waals surface area contributed by atoms with Gasteiger partial charge in [0.15, 0.2) is 0 Å². The highest BCUT2D eigenvalue weighted by atomic mass is 16.3. The molecule has 3 aromatic heterocycles. The number of H-pyrrole nitrogens is 1. The van der Waals surface area contributed by atoms with Crippen LogP contribution in [0.25, 0.3) is 65.7 Å². The molecule has 3 nitrogen and oxygen atoms in total. The minimum absolute atomic E-state index is 0.850. The minimum atomic E-state index is 0.850. The number of nitrogens with one attached hydrogen (secondary N) is 1. The van der Waals surface area contributed by atoms with Gasteiger partial charge in [0.25, 0.3) is 0 Å². The lowest BCUT2D eigenvalue weighted by molar-refractivity contribution is 0.664. The van der Waals surface area contributed by atoms with Crippen LogP contribution in [-0.2, 0) is 0 Å². The summed E-state index contributed by atoms with van der Waals surface area (Å²) in [5.41, 5.74) is 5.46. The van der Waals surface area contributed by atoms with Crippen molar-refractivity contribution in [2.24, 2.45) is 0 Å². The average Bonchev–Trinajstić information content (AvgIpc) is 2.95. The average molecular weight is 399 g/mol. The van der Waals surface area contributed by atoms with Crippen molar-refractivity contribution in [3.05, 3.63) is 97.1 Å². The Balaban J connectivity index is 1.78. The largest absolute Gasteiger partial charge is 0.455 e. The third-order valence-corrected chi connectivity index (χ3v) is 6.04. The number of hydrogen-bond donors (Lipinski definition) is 1. The van der Waals surface area contributed by atoms with Gasteiger partial charge in [-0.05, 0) is 36.4 Å². The first kappa shape index (κ1) is 16.5. The first-order valence-corrected chi connectivity index (χ1v) is 10.4. The van der Waals surface area contributed by atoms with E-state index in [4.69, 9.17) is 8.83 Å². The Labute approximate surface area is 176 Å². The van der Waals surface area contributed by atoms with Crippen LogP contribution in [0.1, 0.15) is 0 Å². The molecule has 0 aliphatic carbocycles. The fourth-order valence-electron chi connectivity index (χ4n) is 4.53. The van der Waals surface area contributed by atoms with Gasteiger partial charge in [-0.3, -0.25) is 0 Å². The molecule has 0 fully saturated rings. The smallest absolute Gasteiger partial charge is 0.144 e. The van der Waals surface area contributed by atoms with Crippen LogP contribution >= 0.6 is 0 Å². The van der Waals surface area contributed by atoms with Crippen molar-refractivity contribution >= 4 is 65.7 Å². The fraction of sp³-hybridized carbons (Fsp3) is 0. The summed E-state index contributed by atoms with van der Waals surface area (Å²) in [6, 6.07) is 33.1. The molecule has 0 saturated heterocycles. The van der Waals surface area contributed by atoms with Crippen LogP contribution < -0.4 is 0 Å². The molecule has 0 amide bonds. The fourth-order valence-corrected chi connectivity index (χ4v) is 4.53. The molecule has 0 unspecified atom stereocenters. The van der Waals surface area contributed by atoms with E-state index >= 15 is 0 Å². The first-order chi connectivity index (χ1) is 15.3. The maximum atomic E-state index is 6.52. The number of aromatic nitrogens is 1. The van der Waals surface area contributed by atoms with Crippen molar-refractivity contribution in [3.63, 3.8) is 0 Å².